The number of hydrogen-bond donors (Lipinski definition) is 1. The summed E-state index contributed by atoms with van der Waals surface area (Å²) in [5.74, 6) is -0.823. The number of ether oxygens (including phenoxy) is 1. The van der Waals surface area contributed by atoms with Gasteiger partial charge in [0.1, 0.15) is 5.75 Å². The van der Waals surface area contributed by atoms with Crippen LogP contribution in [0.1, 0.15) is 12.0 Å². The van der Waals surface area contributed by atoms with Gasteiger partial charge in [0.25, 0.3) is 0 Å². The van der Waals surface area contributed by atoms with Crippen LogP contribution in [-0.2, 0) is 6.42 Å². The molecular weight excluding hydrogens is 231 g/mol. The van der Waals surface area contributed by atoms with Crippen LogP contribution in [0.4, 0.5) is 13.2 Å². The Morgan fingerprint density at radius 2 is 2.06 bits per heavy atom. The molecule has 0 aromatic heterocycles. The van der Waals surface area contributed by atoms with E-state index in [9.17, 15) is 13.2 Å². The van der Waals surface area contributed by atoms with Gasteiger partial charge in [0.05, 0.1) is 13.0 Å². The number of nitrogens with two attached hydrogens (primary N) is 1. The largest absolute Gasteiger partial charge is 0.497 e. The lowest BCUT2D eigenvalue weighted by Gasteiger charge is -2.19. The Bertz CT molecular complexity index is 352. The van der Waals surface area contributed by atoms with E-state index in [1.54, 1.807) is 24.3 Å². The summed E-state index contributed by atoms with van der Waals surface area (Å²) < 4.78 is 43.0. The lowest BCUT2D eigenvalue weighted by atomic mass is 9.95. The molecule has 1 rings (SSSR count). The maximum Gasteiger partial charge on any atom is 0.392 e. The summed E-state index contributed by atoms with van der Waals surface area (Å²) in [6, 6.07) is 6.67. The highest BCUT2D eigenvalue weighted by Crippen LogP contribution is 2.31. The molecule has 0 spiro atoms. The van der Waals surface area contributed by atoms with Gasteiger partial charge in [-0.3, -0.25) is 0 Å². The molecule has 2 nitrogen and oxygen atoms in total. The third-order valence-corrected chi connectivity index (χ3v) is 2.59. The van der Waals surface area contributed by atoms with Crippen molar-refractivity contribution < 1.29 is 17.9 Å². The van der Waals surface area contributed by atoms with Crippen LogP contribution in [0.3, 0.4) is 0 Å². The molecule has 1 aromatic rings. The Kier molecular flexibility index (Phi) is 4.81. The predicted molar refractivity (Wildman–Crippen MR) is 59.9 cm³/mol. The van der Waals surface area contributed by atoms with Crippen molar-refractivity contribution in [3.63, 3.8) is 0 Å². The molecule has 17 heavy (non-hydrogen) atoms. The topological polar surface area (TPSA) is 35.2 Å². The van der Waals surface area contributed by atoms with Gasteiger partial charge in [0.15, 0.2) is 0 Å². The van der Waals surface area contributed by atoms with Crippen molar-refractivity contribution in [3.8, 4) is 5.75 Å². The van der Waals surface area contributed by atoms with Crippen LogP contribution >= 0.6 is 0 Å². The second-order valence-corrected chi connectivity index (χ2v) is 3.87. The van der Waals surface area contributed by atoms with Crippen molar-refractivity contribution >= 4 is 0 Å². The van der Waals surface area contributed by atoms with Crippen LogP contribution in [0.25, 0.3) is 0 Å². The van der Waals surface area contributed by atoms with Crippen LogP contribution in [0.2, 0.25) is 0 Å². The quantitative estimate of drug-likeness (QED) is 0.868. The maximum atomic E-state index is 12.7. The minimum atomic E-state index is -4.21. The minimum Gasteiger partial charge on any atom is -0.497 e. The smallest absolute Gasteiger partial charge is 0.392 e. The minimum absolute atomic E-state index is 0.0359. The highest BCUT2D eigenvalue weighted by molar-refractivity contribution is 5.28. The van der Waals surface area contributed by atoms with Crippen LogP contribution in [0, 0.1) is 5.92 Å². The molecule has 0 amide bonds. The molecule has 0 aliphatic heterocycles. The highest BCUT2D eigenvalue weighted by Gasteiger charge is 2.38. The average molecular weight is 247 g/mol. The fraction of sp³-hybridized carbons (Fsp3) is 0.500. The Morgan fingerprint density at radius 1 is 1.35 bits per heavy atom. The molecular formula is C12H16F3NO. The molecule has 1 aromatic carbocycles. The first-order valence-corrected chi connectivity index (χ1v) is 5.37. The zero-order chi connectivity index (χ0) is 12.9. The molecule has 2 N–H and O–H groups in total. The summed E-state index contributed by atoms with van der Waals surface area (Å²) in [6.45, 7) is 0.0359. The summed E-state index contributed by atoms with van der Waals surface area (Å²) in [5, 5.41) is 0. The van der Waals surface area contributed by atoms with E-state index in [4.69, 9.17) is 10.5 Å². The van der Waals surface area contributed by atoms with Gasteiger partial charge in [-0.25, -0.2) is 0 Å². The van der Waals surface area contributed by atoms with E-state index in [2.05, 4.69) is 0 Å². The lowest BCUT2D eigenvalue weighted by molar-refractivity contribution is -0.175. The van der Waals surface area contributed by atoms with E-state index in [0.717, 1.165) is 0 Å². The first-order valence-electron chi connectivity index (χ1n) is 5.37. The van der Waals surface area contributed by atoms with E-state index in [1.807, 2.05) is 0 Å². The molecule has 0 saturated heterocycles. The first-order chi connectivity index (χ1) is 7.97. The molecule has 0 bridgehead atoms. The van der Waals surface area contributed by atoms with Crippen molar-refractivity contribution in [2.45, 2.75) is 19.0 Å². The third-order valence-electron chi connectivity index (χ3n) is 2.59. The average Bonchev–Trinajstić information content (AvgIpc) is 2.27. The molecule has 0 saturated carbocycles. The van der Waals surface area contributed by atoms with E-state index in [-0.39, 0.29) is 19.4 Å². The number of rotatable bonds is 5. The lowest BCUT2D eigenvalue weighted by Crippen LogP contribution is -2.27. The SMILES string of the molecule is COc1cccc(CC(CCN)C(F)(F)F)c1. The van der Waals surface area contributed by atoms with E-state index in [0.29, 0.717) is 11.3 Å². The van der Waals surface area contributed by atoms with Crippen molar-refractivity contribution in [3.05, 3.63) is 29.8 Å². The maximum absolute atomic E-state index is 12.7. The zero-order valence-electron chi connectivity index (χ0n) is 9.63. The number of benzene rings is 1. The molecule has 1 atom stereocenters. The summed E-state index contributed by atoms with van der Waals surface area (Å²) in [5.41, 5.74) is 5.82. The Morgan fingerprint density at radius 3 is 2.59 bits per heavy atom. The van der Waals surface area contributed by atoms with E-state index < -0.39 is 12.1 Å². The van der Waals surface area contributed by atoms with Gasteiger partial charge in [-0.05, 0) is 37.1 Å². The Balaban J connectivity index is 2.78. The Labute approximate surface area is 98.6 Å². The molecule has 0 heterocycles. The van der Waals surface area contributed by atoms with Crippen LogP contribution < -0.4 is 10.5 Å². The fourth-order valence-electron chi connectivity index (χ4n) is 1.67. The van der Waals surface area contributed by atoms with Gasteiger partial charge in [-0.15, -0.1) is 0 Å². The van der Waals surface area contributed by atoms with Crippen molar-refractivity contribution in [2.75, 3.05) is 13.7 Å². The van der Waals surface area contributed by atoms with Gasteiger partial charge in [-0.2, -0.15) is 13.2 Å². The van der Waals surface area contributed by atoms with Gasteiger partial charge in [-0.1, -0.05) is 12.1 Å². The number of halogens is 3. The van der Waals surface area contributed by atoms with Gasteiger partial charge in [0.2, 0.25) is 0 Å². The van der Waals surface area contributed by atoms with E-state index >= 15 is 0 Å². The second-order valence-electron chi connectivity index (χ2n) is 3.87. The molecule has 0 aliphatic carbocycles. The zero-order valence-corrected chi connectivity index (χ0v) is 9.63. The first kappa shape index (κ1) is 13.8. The molecule has 96 valence electrons. The third kappa shape index (κ3) is 4.26. The monoisotopic (exact) mass is 247 g/mol. The summed E-state index contributed by atoms with van der Waals surface area (Å²) in [6.07, 6.45) is -4.32. The predicted octanol–water partition coefficient (Wildman–Crippen LogP) is 2.77. The molecule has 1 unspecified atom stereocenters. The molecule has 5 heteroatoms. The normalized spacial score (nSPS) is 13.5. The molecule has 0 radical (unpaired) electrons. The Hall–Kier alpha value is -1.23. The van der Waals surface area contributed by atoms with Crippen LogP contribution in [0.5, 0.6) is 5.75 Å². The fourth-order valence-corrected chi connectivity index (χ4v) is 1.67. The molecule has 0 fully saturated rings. The summed E-state index contributed by atoms with van der Waals surface area (Å²) >= 11 is 0. The van der Waals surface area contributed by atoms with Gasteiger partial charge in [0, 0.05) is 0 Å². The second kappa shape index (κ2) is 5.91. The summed E-state index contributed by atoms with van der Waals surface area (Å²) in [7, 11) is 1.49. The van der Waals surface area contributed by atoms with E-state index in [1.165, 1.54) is 7.11 Å². The number of alkyl halides is 3. The highest BCUT2D eigenvalue weighted by atomic mass is 19.4. The van der Waals surface area contributed by atoms with Gasteiger partial charge < -0.3 is 10.5 Å². The van der Waals surface area contributed by atoms with Gasteiger partial charge >= 0.3 is 6.18 Å². The van der Waals surface area contributed by atoms with Crippen LogP contribution in [-0.4, -0.2) is 19.8 Å². The summed E-state index contributed by atoms with van der Waals surface area (Å²) in [4.78, 5) is 0. The van der Waals surface area contributed by atoms with Crippen molar-refractivity contribution in [1.82, 2.24) is 0 Å². The standard InChI is InChI=1S/C12H16F3NO/c1-17-11-4-2-3-9(8-11)7-10(5-6-16)12(13,14)15/h2-4,8,10H,5-7,16H2,1H3. The van der Waals surface area contributed by atoms with Crippen LogP contribution in [0.15, 0.2) is 24.3 Å². The molecule has 0 aliphatic rings. The van der Waals surface area contributed by atoms with Crippen molar-refractivity contribution in [1.29, 1.82) is 0 Å². The number of hydrogen-bond acceptors (Lipinski definition) is 2. The number of methoxy groups -OCH3 is 1. The van der Waals surface area contributed by atoms with Crippen molar-refractivity contribution in [2.24, 2.45) is 11.7 Å².